The van der Waals surface area contributed by atoms with Gasteiger partial charge in [-0.05, 0) is 69.2 Å². The molecule has 0 saturated heterocycles. The molecule has 11 rings (SSSR count). The number of hydrogen-bond acceptors (Lipinski definition) is 3. The predicted molar refractivity (Wildman–Crippen MR) is 233 cm³/mol. The van der Waals surface area contributed by atoms with Crippen molar-refractivity contribution in [3.63, 3.8) is 0 Å². The molecule has 0 bridgehead atoms. The van der Waals surface area contributed by atoms with Crippen LogP contribution in [0.5, 0.6) is 0 Å². The molecule has 0 N–H and O–H groups in total. The van der Waals surface area contributed by atoms with E-state index in [1.807, 2.05) is 22.7 Å². The van der Waals surface area contributed by atoms with Gasteiger partial charge in [-0.3, -0.25) is 0 Å². The molecule has 9 aromatic carbocycles. The van der Waals surface area contributed by atoms with Crippen LogP contribution in [-0.2, 0) is 0 Å². The van der Waals surface area contributed by atoms with E-state index in [1.165, 1.54) is 95.5 Å². The normalized spacial score (nSPS) is 11.8. The number of rotatable bonds is 5. The minimum atomic E-state index is 1.12. The molecule has 2 heterocycles. The summed E-state index contributed by atoms with van der Waals surface area (Å²) in [7, 11) is 0. The highest BCUT2D eigenvalue weighted by molar-refractivity contribution is 7.26. The van der Waals surface area contributed by atoms with Crippen LogP contribution in [-0.4, -0.2) is 0 Å². The van der Waals surface area contributed by atoms with E-state index < -0.39 is 0 Å². The van der Waals surface area contributed by atoms with E-state index in [1.54, 1.807) is 0 Å². The lowest BCUT2D eigenvalue weighted by Gasteiger charge is -2.30. The second-order valence-electron chi connectivity index (χ2n) is 13.6. The van der Waals surface area contributed by atoms with Crippen LogP contribution < -0.4 is 4.90 Å². The molecule has 53 heavy (non-hydrogen) atoms. The van der Waals surface area contributed by atoms with Gasteiger partial charge in [-0.2, -0.15) is 0 Å². The first-order valence-corrected chi connectivity index (χ1v) is 19.6. The van der Waals surface area contributed by atoms with Crippen LogP contribution >= 0.6 is 22.7 Å². The van der Waals surface area contributed by atoms with Crippen molar-refractivity contribution < 1.29 is 0 Å². The molecule has 0 aliphatic heterocycles. The second kappa shape index (κ2) is 12.2. The molecule has 0 spiro atoms. The fourth-order valence-corrected chi connectivity index (χ4v) is 10.6. The molecule has 248 valence electrons. The molecule has 0 radical (unpaired) electrons. The Morgan fingerprint density at radius 2 is 0.981 bits per heavy atom. The van der Waals surface area contributed by atoms with Gasteiger partial charge in [0.15, 0.2) is 0 Å². The van der Waals surface area contributed by atoms with Gasteiger partial charge < -0.3 is 4.90 Å². The highest BCUT2D eigenvalue weighted by Gasteiger charge is 2.25. The lowest BCUT2D eigenvalue weighted by atomic mass is 9.96. The van der Waals surface area contributed by atoms with E-state index in [4.69, 9.17) is 0 Å². The zero-order valence-electron chi connectivity index (χ0n) is 28.7. The highest BCUT2D eigenvalue weighted by atomic mass is 32.1. The lowest BCUT2D eigenvalue weighted by Crippen LogP contribution is -2.12. The summed E-state index contributed by atoms with van der Waals surface area (Å²) in [5, 5.41) is 10.2. The van der Waals surface area contributed by atoms with E-state index >= 15 is 0 Å². The molecule has 0 amide bonds. The van der Waals surface area contributed by atoms with Gasteiger partial charge in [0.1, 0.15) is 0 Å². The summed E-state index contributed by atoms with van der Waals surface area (Å²) in [6.45, 7) is 0. The third-order valence-electron chi connectivity index (χ3n) is 10.7. The van der Waals surface area contributed by atoms with Gasteiger partial charge in [0.2, 0.25) is 0 Å². The molecule has 0 aliphatic carbocycles. The SMILES string of the molecule is c1ccc(-c2ccc3c(sc4ccccc43)c2N(c2ccc(-c3cccc4sc5ccccc5c34)cc2)c2cc3ccccc3c3ccccc23)cc1. The van der Waals surface area contributed by atoms with E-state index in [9.17, 15) is 0 Å². The van der Waals surface area contributed by atoms with Gasteiger partial charge in [-0.25, -0.2) is 0 Å². The fraction of sp³-hybridized carbons (Fsp3) is 0. The number of fused-ring (bicyclic) bond motifs is 9. The number of thiophene rings is 2. The number of anilines is 3. The monoisotopic (exact) mass is 709 g/mol. The van der Waals surface area contributed by atoms with E-state index in [0.717, 1.165) is 5.69 Å². The van der Waals surface area contributed by atoms with Crippen LogP contribution in [0.2, 0.25) is 0 Å². The van der Waals surface area contributed by atoms with Crippen molar-refractivity contribution >= 4 is 102 Å². The Labute approximate surface area is 315 Å². The quantitative estimate of drug-likeness (QED) is 0.161. The average Bonchev–Trinajstić information content (AvgIpc) is 3.80. The molecule has 2 aromatic heterocycles. The zero-order chi connectivity index (χ0) is 34.9. The summed E-state index contributed by atoms with van der Waals surface area (Å²) < 4.78 is 5.22. The topological polar surface area (TPSA) is 3.24 Å². The molecular weight excluding hydrogens is 679 g/mol. The maximum atomic E-state index is 2.54. The molecule has 11 aromatic rings. The minimum Gasteiger partial charge on any atom is -0.308 e. The van der Waals surface area contributed by atoms with Gasteiger partial charge in [0.25, 0.3) is 0 Å². The lowest BCUT2D eigenvalue weighted by molar-refractivity contribution is 1.32. The van der Waals surface area contributed by atoms with Crippen LogP contribution in [0.25, 0.3) is 84.1 Å². The maximum Gasteiger partial charge on any atom is 0.0718 e. The van der Waals surface area contributed by atoms with Gasteiger partial charge in [0, 0.05) is 52.3 Å². The smallest absolute Gasteiger partial charge is 0.0718 e. The maximum absolute atomic E-state index is 2.54. The van der Waals surface area contributed by atoms with Crippen molar-refractivity contribution in [1.82, 2.24) is 0 Å². The molecule has 3 heteroatoms. The summed E-state index contributed by atoms with van der Waals surface area (Å²) in [6.07, 6.45) is 0. The Morgan fingerprint density at radius 3 is 1.79 bits per heavy atom. The first-order chi connectivity index (χ1) is 26.3. The highest BCUT2D eigenvalue weighted by Crippen LogP contribution is 2.52. The van der Waals surface area contributed by atoms with Crippen molar-refractivity contribution in [2.75, 3.05) is 4.90 Å². The third-order valence-corrected chi connectivity index (χ3v) is 13.0. The van der Waals surface area contributed by atoms with Gasteiger partial charge in [0.05, 0.1) is 16.1 Å². The van der Waals surface area contributed by atoms with Crippen molar-refractivity contribution in [2.24, 2.45) is 0 Å². The van der Waals surface area contributed by atoms with Crippen LogP contribution in [0.1, 0.15) is 0 Å². The number of benzene rings is 9. The molecular formula is C50H31NS2. The molecule has 0 aliphatic rings. The van der Waals surface area contributed by atoms with Crippen molar-refractivity contribution in [2.45, 2.75) is 0 Å². The Balaban J connectivity index is 1.22. The molecule has 0 atom stereocenters. The summed E-state index contributed by atoms with van der Waals surface area (Å²) in [5.74, 6) is 0. The molecule has 0 saturated carbocycles. The summed E-state index contributed by atoms with van der Waals surface area (Å²) in [6, 6.07) is 69.2. The van der Waals surface area contributed by atoms with Gasteiger partial charge in [-0.1, -0.05) is 152 Å². The average molecular weight is 710 g/mol. The summed E-state index contributed by atoms with van der Waals surface area (Å²) in [4.78, 5) is 2.54. The van der Waals surface area contributed by atoms with Crippen LogP contribution in [0.15, 0.2) is 188 Å². The summed E-state index contributed by atoms with van der Waals surface area (Å²) in [5.41, 5.74) is 8.39. The first-order valence-electron chi connectivity index (χ1n) is 18.0. The number of hydrogen-bond donors (Lipinski definition) is 0. The Bertz CT molecular complexity index is 3170. The standard InChI is InChI=1S/C50H31NS2/c1-2-13-32(14-3-1)38-29-30-42-41-19-8-10-22-45(41)53-50(42)49(38)51(44-31-34-15-4-5-16-36(34)39-17-6-7-18-40(39)44)35-27-25-33(26-28-35)37-21-12-24-47-48(37)43-20-9-11-23-46(43)52-47/h1-31H. The van der Waals surface area contributed by atoms with E-state index in [0.29, 0.717) is 0 Å². The second-order valence-corrected chi connectivity index (χ2v) is 15.8. The number of nitrogens with zero attached hydrogens (tertiary/aromatic N) is 1. The fourth-order valence-electron chi connectivity index (χ4n) is 8.26. The van der Waals surface area contributed by atoms with Crippen molar-refractivity contribution in [3.8, 4) is 22.3 Å². The Hall–Kier alpha value is -6.26. The van der Waals surface area contributed by atoms with Gasteiger partial charge >= 0.3 is 0 Å². The minimum absolute atomic E-state index is 1.12. The zero-order valence-corrected chi connectivity index (χ0v) is 30.3. The van der Waals surface area contributed by atoms with Crippen molar-refractivity contribution in [3.05, 3.63) is 188 Å². The largest absolute Gasteiger partial charge is 0.308 e. The summed E-state index contributed by atoms with van der Waals surface area (Å²) >= 11 is 3.76. The molecule has 0 fully saturated rings. The third kappa shape index (κ3) is 4.82. The van der Waals surface area contributed by atoms with Crippen LogP contribution in [0.4, 0.5) is 17.1 Å². The van der Waals surface area contributed by atoms with Crippen LogP contribution in [0.3, 0.4) is 0 Å². The molecule has 1 nitrogen and oxygen atoms in total. The van der Waals surface area contributed by atoms with Crippen molar-refractivity contribution in [1.29, 1.82) is 0 Å². The van der Waals surface area contributed by atoms with Gasteiger partial charge in [-0.15, -0.1) is 22.7 Å². The Kier molecular flexibility index (Phi) is 6.97. The first kappa shape index (κ1) is 30.4. The Morgan fingerprint density at radius 1 is 0.358 bits per heavy atom. The van der Waals surface area contributed by atoms with E-state index in [-0.39, 0.29) is 0 Å². The van der Waals surface area contributed by atoms with Crippen LogP contribution in [0, 0.1) is 0 Å². The predicted octanol–water partition coefficient (Wildman–Crippen LogP) is 15.5. The van der Waals surface area contributed by atoms with E-state index in [2.05, 4.69) is 193 Å². The molecule has 0 unspecified atom stereocenters.